The van der Waals surface area contributed by atoms with E-state index in [-0.39, 0.29) is 0 Å². The summed E-state index contributed by atoms with van der Waals surface area (Å²) in [6, 6.07) is 7.40. The minimum atomic E-state index is 0.588. The molecule has 6 nitrogen and oxygen atoms in total. The predicted octanol–water partition coefficient (Wildman–Crippen LogP) is 2.90. The van der Waals surface area contributed by atoms with E-state index in [4.69, 9.17) is 16.3 Å². The lowest BCUT2D eigenvalue weighted by atomic mass is 10.2. The van der Waals surface area contributed by atoms with E-state index in [1.165, 1.54) is 6.33 Å². The van der Waals surface area contributed by atoms with Gasteiger partial charge in [0.05, 0.1) is 18.3 Å². The number of H-pyrrole nitrogens is 1. The highest BCUT2D eigenvalue weighted by atomic mass is 35.5. The number of hydrogen-bond acceptors (Lipinski definition) is 5. The summed E-state index contributed by atoms with van der Waals surface area (Å²) in [6.07, 6.45) is 5.08. The van der Waals surface area contributed by atoms with Crippen LogP contribution >= 0.6 is 11.6 Å². The molecule has 0 unspecified atom stereocenters. The van der Waals surface area contributed by atoms with Crippen molar-refractivity contribution < 1.29 is 4.74 Å². The number of aromatic amines is 1. The number of alkyl halides is 1. The van der Waals surface area contributed by atoms with Crippen LogP contribution in [0.2, 0.25) is 0 Å². The summed E-state index contributed by atoms with van der Waals surface area (Å²) in [6.45, 7) is 0.592. The van der Waals surface area contributed by atoms with Crippen LogP contribution in [0, 0.1) is 6.20 Å². The largest absolute Gasteiger partial charge is 0.493 e. The van der Waals surface area contributed by atoms with Crippen molar-refractivity contribution >= 4 is 34.1 Å². The summed E-state index contributed by atoms with van der Waals surface area (Å²) in [5, 5.41) is 10.6. The van der Waals surface area contributed by atoms with Crippen molar-refractivity contribution in [3.63, 3.8) is 0 Å². The van der Waals surface area contributed by atoms with E-state index in [0.29, 0.717) is 24.1 Å². The number of hydrogen-bond donors (Lipinski definition) is 2. The summed E-state index contributed by atoms with van der Waals surface area (Å²) in [7, 11) is 0. The number of nitrogens with one attached hydrogen (secondary N) is 2. The first kappa shape index (κ1) is 13.6. The van der Waals surface area contributed by atoms with Crippen molar-refractivity contribution in [2.24, 2.45) is 0 Å². The van der Waals surface area contributed by atoms with Crippen molar-refractivity contribution in [1.82, 2.24) is 20.2 Å². The summed E-state index contributed by atoms with van der Waals surface area (Å²) < 4.78 is 5.61. The molecule has 2 N–H and O–H groups in total. The average Bonchev–Trinajstić information content (AvgIpc) is 3.01. The van der Waals surface area contributed by atoms with Crippen molar-refractivity contribution in [3.8, 4) is 5.75 Å². The Bertz CT molecular complexity index is 716. The second kappa shape index (κ2) is 6.41. The van der Waals surface area contributed by atoms with Crippen LogP contribution in [0.5, 0.6) is 5.75 Å². The maximum atomic E-state index is 5.63. The molecule has 0 saturated carbocycles. The zero-order valence-corrected chi connectivity index (χ0v) is 11.9. The van der Waals surface area contributed by atoms with Crippen molar-refractivity contribution in [3.05, 3.63) is 36.8 Å². The Balaban J connectivity index is 1.86. The molecule has 1 radical (unpaired) electrons. The van der Waals surface area contributed by atoms with E-state index < -0.39 is 0 Å². The molecule has 0 spiro atoms. The predicted molar refractivity (Wildman–Crippen MR) is 81.1 cm³/mol. The minimum Gasteiger partial charge on any atom is -0.493 e. The van der Waals surface area contributed by atoms with Gasteiger partial charge in [0.2, 0.25) is 0 Å². The molecule has 3 aromatic rings. The Hall–Kier alpha value is -2.34. The Morgan fingerprint density at radius 1 is 1.33 bits per heavy atom. The van der Waals surface area contributed by atoms with Gasteiger partial charge in [0, 0.05) is 23.4 Å². The summed E-state index contributed by atoms with van der Waals surface area (Å²) in [5.41, 5.74) is 0.801. The molecule has 0 fully saturated rings. The number of benzene rings is 1. The molecule has 21 heavy (non-hydrogen) atoms. The first-order valence-corrected chi connectivity index (χ1v) is 7.02. The smallest absolute Gasteiger partial charge is 0.154 e. The van der Waals surface area contributed by atoms with Crippen LogP contribution < -0.4 is 10.1 Å². The zero-order chi connectivity index (χ0) is 14.5. The summed E-state index contributed by atoms with van der Waals surface area (Å²) in [4.78, 5) is 8.51. The lowest BCUT2D eigenvalue weighted by Gasteiger charge is -2.08. The highest BCUT2D eigenvalue weighted by Gasteiger charge is 2.06. The molecule has 2 aromatic heterocycles. The van der Waals surface area contributed by atoms with E-state index in [1.54, 1.807) is 6.07 Å². The van der Waals surface area contributed by atoms with Crippen LogP contribution in [0.3, 0.4) is 0 Å². The fourth-order valence-electron chi connectivity index (χ4n) is 1.88. The highest BCUT2D eigenvalue weighted by Crippen LogP contribution is 2.25. The number of ether oxygens (including phenoxy) is 1. The lowest BCUT2D eigenvalue weighted by molar-refractivity contribution is 0.318. The van der Waals surface area contributed by atoms with Gasteiger partial charge in [-0.05, 0) is 18.6 Å². The normalized spacial score (nSPS) is 10.7. The highest BCUT2D eigenvalue weighted by molar-refractivity contribution is 6.17. The third kappa shape index (κ3) is 3.22. The van der Waals surface area contributed by atoms with Gasteiger partial charge in [0.1, 0.15) is 17.9 Å². The number of rotatable bonds is 6. The number of halogens is 1. The molecule has 0 aliphatic rings. The van der Waals surface area contributed by atoms with Gasteiger partial charge < -0.3 is 10.1 Å². The number of anilines is 2. The molecule has 0 aliphatic carbocycles. The number of aromatic nitrogens is 4. The van der Waals surface area contributed by atoms with Gasteiger partial charge in [-0.15, -0.1) is 11.6 Å². The van der Waals surface area contributed by atoms with Crippen LogP contribution in [0.15, 0.2) is 30.6 Å². The maximum absolute atomic E-state index is 5.63. The molecule has 3 rings (SSSR count). The van der Waals surface area contributed by atoms with Gasteiger partial charge in [-0.1, -0.05) is 0 Å². The fraction of sp³-hybridized carbons (Fsp3) is 0.214. The quantitative estimate of drug-likeness (QED) is 0.541. The van der Waals surface area contributed by atoms with Crippen LogP contribution in [-0.2, 0) is 0 Å². The van der Waals surface area contributed by atoms with E-state index in [2.05, 4.69) is 31.7 Å². The molecule has 1 aromatic carbocycles. The van der Waals surface area contributed by atoms with Gasteiger partial charge in [-0.3, -0.25) is 5.10 Å². The Kier molecular flexibility index (Phi) is 4.16. The standard InChI is InChI=1S/C14H13ClN5O/c15-5-1-7-21-10-2-3-11-12(8-10)16-9-17-14(11)19-13-4-6-18-20-13/h2-4,8-9H,1,5,7H2,(H2,16,17,18,19,20). The summed E-state index contributed by atoms with van der Waals surface area (Å²) in [5.74, 6) is 2.69. The van der Waals surface area contributed by atoms with Crippen LogP contribution in [-0.4, -0.2) is 32.7 Å². The molecule has 0 saturated heterocycles. The van der Waals surface area contributed by atoms with Gasteiger partial charge in [0.15, 0.2) is 5.82 Å². The number of nitrogens with zero attached hydrogens (tertiary/aromatic N) is 3. The average molecular weight is 303 g/mol. The van der Waals surface area contributed by atoms with Crippen molar-refractivity contribution in [2.75, 3.05) is 17.8 Å². The Morgan fingerprint density at radius 3 is 3.10 bits per heavy atom. The second-order valence-corrected chi connectivity index (χ2v) is 4.69. The van der Waals surface area contributed by atoms with E-state index in [1.807, 2.05) is 18.2 Å². The molecule has 107 valence electrons. The molecule has 0 aliphatic heterocycles. The SMILES string of the molecule is ClCCCOc1ccc2c(Nc3c[c][nH]n3)ncnc2c1. The monoisotopic (exact) mass is 302 g/mol. The summed E-state index contributed by atoms with van der Waals surface area (Å²) >= 11 is 5.63. The van der Waals surface area contributed by atoms with Crippen molar-refractivity contribution in [2.45, 2.75) is 6.42 Å². The number of fused-ring (bicyclic) bond motifs is 1. The topological polar surface area (TPSA) is 75.7 Å². The minimum absolute atomic E-state index is 0.588. The Labute approximate surface area is 126 Å². The van der Waals surface area contributed by atoms with E-state index in [0.717, 1.165) is 23.1 Å². The van der Waals surface area contributed by atoms with Crippen LogP contribution in [0.25, 0.3) is 10.9 Å². The van der Waals surface area contributed by atoms with Gasteiger partial charge in [-0.2, -0.15) is 5.10 Å². The van der Waals surface area contributed by atoms with E-state index in [9.17, 15) is 0 Å². The van der Waals surface area contributed by atoms with E-state index >= 15 is 0 Å². The molecule has 0 bridgehead atoms. The van der Waals surface area contributed by atoms with Gasteiger partial charge in [0.25, 0.3) is 0 Å². The third-order valence-corrected chi connectivity index (χ3v) is 3.12. The molecule has 2 heterocycles. The van der Waals surface area contributed by atoms with Crippen LogP contribution in [0.4, 0.5) is 11.6 Å². The molecular formula is C14H13ClN5O. The molecule has 7 heteroatoms. The van der Waals surface area contributed by atoms with Gasteiger partial charge in [-0.25, -0.2) is 9.97 Å². The zero-order valence-electron chi connectivity index (χ0n) is 11.1. The first-order chi connectivity index (χ1) is 10.4. The fourth-order valence-corrected chi connectivity index (χ4v) is 1.99. The Morgan fingerprint density at radius 2 is 2.29 bits per heavy atom. The van der Waals surface area contributed by atoms with Gasteiger partial charge >= 0.3 is 0 Å². The second-order valence-electron chi connectivity index (χ2n) is 4.31. The van der Waals surface area contributed by atoms with Crippen molar-refractivity contribution in [1.29, 1.82) is 0 Å². The lowest BCUT2D eigenvalue weighted by Crippen LogP contribution is -1.99. The maximum Gasteiger partial charge on any atom is 0.154 e. The molecule has 0 atom stereocenters. The molecule has 0 amide bonds. The third-order valence-electron chi connectivity index (χ3n) is 2.85. The first-order valence-electron chi connectivity index (χ1n) is 6.49. The molecular weight excluding hydrogens is 290 g/mol. The van der Waals surface area contributed by atoms with Crippen LogP contribution in [0.1, 0.15) is 6.42 Å².